The molecule has 1 N–H and O–H groups in total. The zero-order chi connectivity index (χ0) is 13.8. The Morgan fingerprint density at radius 1 is 1.21 bits per heavy atom. The molecule has 0 spiro atoms. The first kappa shape index (κ1) is 14.6. The Labute approximate surface area is 131 Å². The number of hydrogen-bond acceptors (Lipinski definition) is 4. The van der Waals surface area contributed by atoms with Crippen molar-refractivity contribution < 1.29 is 4.92 Å². The Morgan fingerprint density at radius 2 is 2.00 bits per heavy atom. The van der Waals surface area contributed by atoms with Gasteiger partial charge in [-0.2, -0.15) is 0 Å². The van der Waals surface area contributed by atoms with Gasteiger partial charge in [-0.25, -0.2) is 0 Å². The third-order valence-corrected chi connectivity index (χ3v) is 4.60. The van der Waals surface area contributed by atoms with Gasteiger partial charge in [-0.1, -0.05) is 15.9 Å². The Hall–Kier alpha value is -0.760. The second-order valence-corrected chi connectivity index (χ2v) is 7.30. The number of nitrogens with one attached hydrogen (secondary N) is 1. The Bertz CT molecular complexity index is 601. The standard InChI is InChI=1S/C12H10Br2N2O2S/c13-9-1-3-11(16(17)18)8(5-9)6-15-7-10-2-4-12(14)19-10/h1-5,15H,6-7H2. The van der Waals surface area contributed by atoms with E-state index in [9.17, 15) is 10.1 Å². The average molecular weight is 406 g/mol. The van der Waals surface area contributed by atoms with Gasteiger partial charge in [0.25, 0.3) is 5.69 Å². The zero-order valence-electron chi connectivity index (χ0n) is 9.73. The molecular formula is C12H10Br2N2O2S. The molecule has 7 heteroatoms. The van der Waals surface area contributed by atoms with E-state index >= 15 is 0 Å². The molecule has 1 heterocycles. The van der Waals surface area contributed by atoms with E-state index in [0.717, 1.165) is 8.26 Å². The summed E-state index contributed by atoms with van der Waals surface area (Å²) in [6, 6.07) is 8.98. The fraction of sp³-hybridized carbons (Fsp3) is 0.167. The van der Waals surface area contributed by atoms with Gasteiger partial charge in [0.2, 0.25) is 0 Å². The van der Waals surface area contributed by atoms with Crippen molar-refractivity contribution in [3.63, 3.8) is 0 Å². The van der Waals surface area contributed by atoms with Crippen molar-refractivity contribution in [2.45, 2.75) is 13.1 Å². The summed E-state index contributed by atoms with van der Waals surface area (Å²) in [7, 11) is 0. The maximum absolute atomic E-state index is 10.9. The fourth-order valence-electron chi connectivity index (χ4n) is 1.64. The second-order valence-electron chi connectivity index (χ2n) is 3.84. The smallest absolute Gasteiger partial charge is 0.273 e. The third kappa shape index (κ3) is 4.10. The quantitative estimate of drug-likeness (QED) is 0.589. The maximum atomic E-state index is 10.9. The minimum absolute atomic E-state index is 0.142. The SMILES string of the molecule is O=[N+]([O-])c1ccc(Br)cc1CNCc1ccc(Br)s1. The topological polar surface area (TPSA) is 55.2 Å². The van der Waals surface area contributed by atoms with Crippen LogP contribution in [0.1, 0.15) is 10.4 Å². The lowest BCUT2D eigenvalue weighted by molar-refractivity contribution is -0.385. The molecule has 1 aromatic heterocycles. The number of hydrogen-bond donors (Lipinski definition) is 1. The summed E-state index contributed by atoms with van der Waals surface area (Å²) < 4.78 is 1.92. The lowest BCUT2D eigenvalue weighted by Crippen LogP contribution is -2.13. The normalized spacial score (nSPS) is 10.6. The molecule has 0 aliphatic heterocycles. The summed E-state index contributed by atoms with van der Waals surface area (Å²) in [6.45, 7) is 1.16. The van der Waals surface area contributed by atoms with Gasteiger partial charge in [0.15, 0.2) is 0 Å². The lowest BCUT2D eigenvalue weighted by atomic mass is 10.2. The monoisotopic (exact) mass is 404 g/mol. The molecule has 0 amide bonds. The number of benzene rings is 1. The number of nitro groups is 1. The summed E-state index contributed by atoms with van der Waals surface area (Å²) in [5.41, 5.74) is 0.818. The van der Waals surface area contributed by atoms with Crippen LogP contribution in [0.15, 0.2) is 38.6 Å². The van der Waals surface area contributed by atoms with Crippen LogP contribution in [0.4, 0.5) is 5.69 Å². The van der Waals surface area contributed by atoms with Gasteiger partial charge >= 0.3 is 0 Å². The first-order chi connectivity index (χ1) is 9.06. The summed E-state index contributed by atoms with van der Waals surface area (Å²) in [6.07, 6.45) is 0. The highest BCUT2D eigenvalue weighted by Gasteiger charge is 2.13. The Kier molecular flexibility index (Phi) is 5.09. The van der Waals surface area contributed by atoms with Crippen molar-refractivity contribution in [1.29, 1.82) is 0 Å². The van der Waals surface area contributed by atoms with Crippen LogP contribution >= 0.6 is 43.2 Å². The molecule has 0 aliphatic carbocycles. The van der Waals surface area contributed by atoms with E-state index in [2.05, 4.69) is 37.2 Å². The largest absolute Gasteiger partial charge is 0.308 e. The van der Waals surface area contributed by atoms with E-state index in [1.807, 2.05) is 12.1 Å². The maximum Gasteiger partial charge on any atom is 0.273 e. The van der Waals surface area contributed by atoms with Crippen molar-refractivity contribution >= 4 is 48.9 Å². The minimum Gasteiger partial charge on any atom is -0.308 e. The predicted molar refractivity (Wildman–Crippen MR) is 83.4 cm³/mol. The lowest BCUT2D eigenvalue weighted by Gasteiger charge is -2.05. The van der Waals surface area contributed by atoms with Crippen molar-refractivity contribution in [1.82, 2.24) is 5.32 Å². The van der Waals surface area contributed by atoms with E-state index in [1.54, 1.807) is 23.5 Å². The van der Waals surface area contributed by atoms with Crippen LogP contribution in [0.5, 0.6) is 0 Å². The molecule has 0 fully saturated rings. The molecule has 2 rings (SSSR count). The molecule has 19 heavy (non-hydrogen) atoms. The molecule has 0 atom stereocenters. The van der Waals surface area contributed by atoms with Gasteiger partial charge in [0.05, 0.1) is 8.71 Å². The fourth-order valence-corrected chi connectivity index (χ4v) is 3.50. The van der Waals surface area contributed by atoms with E-state index in [4.69, 9.17) is 0 Å². The molecule has 0 aliphatic rings. The highest BCUT2D eigenvalue weighted by Crippen LogP contribution is 2.24. The molecule has 4 nitrogen and oxygen atoms in total. The first-order valence-corrected chi connectivity index (χ1v) is 7.84. The van der Waals surface area contributed by atoms with Crippen molar-refractivity contribution in [2.24, 2.45) is 0 Å². The van der Waals surface area contributed by atoms with Gasteiger partial charge in [0, 0.05) is 34.1 Å². The minimum atomic E-state index is -0.356. The highest BCUT2D eigenvalue weighted by molar-refractivity contribution is 9.11. The van der Waals surface area contributed by atoms with Gasteiger partial charge < -0.3 is 5.32 Å². The summed E-state index contributed by atoms with van der Waals surface area (Å²) in [5, 5.41) is 14.1. The molecular weight excluding hydrogens is 396 g/mol. The third-order valence-electron chi connectivity index (χ3n) is 2.48. The van der Waals surface area contributed by atoms with Crippen LogP contribution in [0.25, 0.3) is 0 Å². The molecule has 100 valence electrons. The van der Waals surface area contributed by atoms with Crippen LogP contribution in [-0.2, 0) is 13.1 Å². The van der Waals surface area contributed by atoms with Gasteiger partial charge in [-0.15, -0.1) is 11.3 Å². The Morgan fingerprint density at radius 3 is 2.63 bits per heavy atom. The molecule has 0 bridgehead atoms. The Balaban J connectivity index is 2.02. The molecule has 0 saturated carbocycles. The zero-order valence-corrected chi connectivity index (χ0v) is 13.7. The predicted octanol–water partition coefficient (Wildman–Crippen LogP) is 4.47. The second kappa shape index (κ2) is 6.60. The van der Waals surface area contributed by atoms with Gasteiger partial charge in [-0.3, -0.25) is 10.1 Å². The van der Waals surface area contributed by atoms with Crippen molar-refractivity contribution in [3.05, 3.63) is 59.1 Å². The molecule has 0 unspecified atom stereocenters. The van der Waals surface area contributed by atoms with E-state index in [1.165, 1.54) is 10.9 Å². The van der Waals surface area contributed by atoms with E-state index < -0.39 is 0 Å². The van der Waals surface area contributed by atoms with Crippen molar-refractivity contribution in [3.8, 4) is 0 Å². The molecule has 1 aromatic carbocycles. The first-order valence-electron chi connectivity index (χ1n) is 5.44. The van der Waals surface area contributed by atoms with Crippen LogP contribution in [-0.4, -0.2) is 4.92 Å². The van der Waals surface area contributed by atoms with Crippen LogP contribution in [0.3, 0.4) is 0 Å². The van der Waals surface area contributed by atoms with E-state index in [0.29, 0.717) is 18.7 Å². The van der Waals surface area contributed by atoms with Gasteiger partial charge in [0.1, 0.15) is 0 Å². The van der Waals surface area contributed by atoms with E-state index in [-0.39, 0.29) is 10.6 Å². The van der Waals surface area contributed by atoms with Crippen LogP contribution in [0.2, 0.25) is 0 Å². The number of thiophene rings is 1. The number of nitro benzene ring substituents is 1. The summed E-state index contributed by atoms with van der Waals surface area (Å²) >= 11 is 8.38. The molecule has 2 aromatic rings. The van der Waals surface area contributed by atoms with Crippen LogP contribution < -0.4 is 5.32 Å². The summed E-state index contributed by atoms with van der Waals surface area (Å²) in [5.74, 6) is 0. The van der Waals surface area contributed by atoms with Crippen LogP contribution in [0, 0.1) is 10.1 Å². The van der Waals surface area contributed by atoms with Crippen molar-refractivity contribution in [2.75, 3.05) is 0 Å². The van der Waals surface area contributed by atoms with Gasteiger partial charge in [-0.05, 0) is 40.2 Å². The highest BCUT2D eigenvalue weighted by atomic mass is 79.9. The average Bonchev–Trinajstić information content (AvgIpc) is 2.75. The number of rotatable bonds is 5. The number of nitrogens with zero attached hydrogens (tertiary/aromatic N) is 1. The molecule has 0 saturated heterocycles. The summed E-state index contributed by atoms with van der Waals surface area (Å²) in [4.78, 5) is 11.8. The molecule has 0 radical (unpaired) electrons. The number of halogens is 2.